The van der Waals surface area contributed by atoms with Gasteiger partial charge in [0.2, 0.25) is 5.91 Å². The Morgan fingerprint density at radius 1 is 1.19 bits per heavy atom. The number of fused-ring (bicyclic) bond motifs is 1. The third-order valence-electron chi connectivity index (χ3n) is 6.03. The molecule has 1 aromatic heterocycles. The molecule has 1 aliphatic rings. The number of carbonyl (C=O) groups excluding carboxylic acids is 1. The second kappa shape index (κ2) is 9.93. The number of carbonyl (C=O) groups is 1. The number of hydrogen-bond donors (Lipinski definition) is 1. The number of non-ortho nitro benzene ring substituents is 1. The van der Waals surface area contributed by atoms with Gasteiger partial charge >= 0.3 is 0 Å². The molecule has 1 atom stereocenters. The first kappa shape index (κ1) is 22.0. The molecule has 0 radical (unpaired) electrons. The standard InChI is InChI=1S/C24H28N4O4/c1-26-17-22(20-7-2-3-8-23(20)26)21(18-5-4-6-19(15-18)28(30)31)16-24(29)25-9-10-27-11-13-32-14-12-27/h2-8,15,17,21H,9-14,16H2,1H3,(H,25,29)/t21-/m1/s1. The molecule has 3 aromatic rings. The Balaban J connectivity index is 1.57. The number of morpholine rings is 1. The monoisotopic (exact) mass is 436 g/mol. The lowest BCUT2D eigenvalue weighted by molar-refractivity contribution is -0.384. The quantitative estimate of drug-likeness (QED) is 0.433. The number of hydrogen-bond acceptors (Lipinski definition) is 5. The predicted octanol–water partition coefficient (Wildman–Crippen LogP) is 3.06. The van der Waals surface area contributed by atoms with Crippen LogP contribution in [0.4, 0.5) is 5.69 Å². The Bertz CT molecular complexity index is 1100. The molecule has 1 N–H and O–H groups in total. The van der Waals surface area contributed by atoms with Crippen LogP contribution in [0.2, 0.25) is 0 Å². The molecule has 4 rings (SSSR count). The minimum atomic E-state index is -0.397. The molecule has 0 bridgehead atoms. The molecule has 2 aromatic carbocycles. The Morgan fingerprint density at radius 3 is 2.75 bits per heavy atom. The number of ether oxygens (including phenoxy) is 1. The zero-order valence-electron chi connectivity index (χ0n) is 18.2. The SMILES string of the molecule is Cn1cc([C@H](CC(=O)NCCN2CCOCC2)c2cccc([N+](=O)[O-])c2)c2ccccc21. The van der Waals surface area contributed by atoms with Crippen LogP contribution in [0.3, 0.4) is 0 Å². The predicted molar refractivity (Wildman–Crippen MR) is 123 cm³/mol. The third kappa shape index (κ3) is 4.98. The number of amides is 1. The summed E-state index contributed by atoms with van der Waals surface area (Å²) in [6.45, 7) is 4.55. The molecule has 0 unspecified atom stereocenters. The van der Waals surface area contributed by atoms with Crippen molar-refractivity contribution in [3.63, 3.8) is 0 Å². The summed E-state index contributed by atoms with van der Waals surface area (Å²) in [6, 6.07) is 14.6. The van der Waals surface area contributed by atoms with Gasteiger partial charge in [-0.25, -0.2) is 0 Å². The summed E-state index contributed by atoms with van der Waals surface area (Å²) in [5.74, 6) is -0.355. The fourth-order valence-corrected chi connectivity index (χ4v) is 4.35. The maximum absolute atomic E-state index is 12.9. The van der Waals surface area contributed by atoms with E-state index in [-0.39, 0.29) is 23.9 Å². The first-order valence-corrected chi connectivity index (χ1v) is 10.9. The molecule has 8 heteroatoms. The summed E-state index contributed by atoms with van der Waals surface area (Å²) in [5.41, 5.74) is 2.84. The van der Waals surface area contributed by atoms with Crippen LogP contribution in [0.25, 0.3) is 10.9 Å². The molecule has 168 valence electrons. The lowest BCUT2D eigenvalue weighted by Crippen LogP contribution is -2.41. The zero-order valence-corrected chi connectivity index (χ0v) is 18.2. The smallest absolute Gasteiger partial charge is 0.269 e. The molecule has 1 saturated heterocycles. The van der Waals surface area contributed by atoms with Crippen LogP contribution in [0.5, 0.6) is 0 Å². The van der Waals surface area contributed by atoms with Crippen molar-refractivity contribution >= 4 is 22.5 Å². The van der Waals surface area contributed by atoms with E-state index in [1.165, 1.54) is 6.07 Å². The topological polar surface area (TPSA) is 89.6 Å². The van der Waals surface area contributed by atoms with Gasteiger partial charge in [0.1, 0.15) is 0 Å². The van der Waals surface area contributed by atoms with Crippen LogP contribution in [0.1, 0.15) is 23.5 Å². The molecular weight excluding hydrogens is 408 g/mol. The highest BCUT2D eigenvalue weighted by molar-refractivity contribution is 5.86. The molecule has 1 amide bonds. The Labute approximate surface area is 186 Å². The molecule has 2 heterocycles. The number of aromatic nitrogens is 1. The molecule has 0 spiro atoms. The zero-order chi connectivity index (χ0) is 22.5. The van der Waals surface area contributed by atoms with E-state index < -0.39 is 4.92 Å². The van der Waals surface area contributed by atoms with Gasteiger partial charge in [-0.3, -0.25) is 19.8 Å². The van der Waals surface area contributed by atoms with Crippen LogP contribution < -0.4 is 5.32 Å². The summed E-state index contributed by atoms with van der Waals surface area (Å²) in [5, 5.41) is 15.4. The van der Waals surface area contributed by atoms with Crippen LogP contribution in [0, 0.1) is 10.1 Å². The van der Waals surface area contributed by atoms with Gasteiger partial charge in [-0.2, -0.15) is 0 Å². The van der Waals surface area contributed by atoms with Gasteiger partial charge < -0.3 is 14.6 Å². The van der Waals surface area contributed by atoms with Gasteiger partial charge in [0.05, 0.1) is 18.1 Å². The first-order chi connectivity index (χ1) is 15.5. The van der Waals surface area contributed by atoms with E-state index in [1.807, 2.05) is 48.1 Å². The summed E-state index contributed by atoms with van der Waals surface area (Å²) < 4.78 is 7.40. The second-order valence-corrected chi connectivity index (χ2v) is 8.13. The van der Waals surface area contributed by atoms with Crippen molar-refractivity contribution in [2.75, 3.05) is 39.4 Å². The van der Waals surface area contributed by atoms with Crippen molar-refractivity contribution in [1.29, 1.82) is 0 Å². The van der Waals surface area contributed by atoms with Crippen LogP contribution in [-0.4, -0.2) is 59.7 Å². The van der Waals surface area contributed by atoms with Crippen LogP contribution in [-0.2, 0) is 16.6 Å². The van der Waals surface area contributed by atoms with E-state index >= 15 is 0 Å². The van der Waals surface area contributed by atoms with Crippen molar-refractivity contribution in [1.82, 2.24) is 14.8 Å². The van der Waals surface area contributed by atoms with Crippen molar-refractivity contribution < 1.29 is 14.5 Å². The van der Waals surface area contributed by atoms with Crippen molar-refractivity contribution in [3.05, 3.63) is 76.0 Å². The summed E-state index contributed by atoms with van der Waals surface area (Å²) >= 11 is 0. The summed E-state index contributed by atoms with van der Waals surface area (Å²) in [4.78, 5) is 26.1. The highest BCUT2D eigenvalue weighted by atomic mass is 16.6. The maximum atomic E-state index is 12.9. The highest BCUT2D eigenvalue weighted by Gasteiger charge is 2.24. The largest absolute Gasteiger partial charge is 0.379 e. The Kier molecular flexibility index (Phi) is 6.82. The average Bonchev–Trinajstić information content (AvgIpc) is 3.15. The third-order valence-corrected chi connectivity index (χ3v) is 6.03. The number of rotatable bonds is 8. The molecule has 1 aliphatic heterocycles. The van der Waals surface area contributed by atoms with Gasteiger partial charge in [-0.1, -0.05) is 30.3 Å². The van der Waals surface area contributed by atoms with E-state index in [1.54, 1.807) is 12.1 Å². The van der Waals surface area contributed by atoms with Gasteiger partial charge in [-0.15, -0.1) is 0 Å². The minimum Gasteiger partial charge on any atom is -0.379 e. The summed E-state index contributed by atoms with van der Waals surface area (Å²) in [6.07, 6.45) is 2.24. The number of nitro benzene ring substituents is 1. The molecule has 0 saturated carbocycles. The van der Waals surface area contributed by atoms with Gasteiger partial charge in [0.15, 0.2) is 0 Å². The van der Waals surface area contributed by atoms with Gasteiger partial charge in [0, 0.05) is 74.8 Å². The van der Waals surface area contributed by atoms with Crippen molar-refractivity contribution in [2.24, 2.45) is 7.05 Å². The number of nitro groups is 1. The Morgan fingerprint density at radius 2 is 1.97 bits per heavy atom. The normalized spacial score (nSPS) is 15.5. The van der Waals surface area contributed by atoms with E-state index in [9.17, 15) is 14.9 Å². The fraction of sp³-hybridized carbons (Fsp3) is 0.375. The number of benzene rings is 2. The number of aryl methyl sites for hydroxylation is 1. The van der Waals surface area contributed by atoms with Crippen molar-refractivity contribution in [2.45, 2.75) is 12.3 Å². The maximum Gasteiger partial charge on any atom is 0.269 e. The second-order valence-electron chi connectivity index (χ2n) is 8.13. The van der Waals surface area contributed by atoms with E-state index in [0.29, 0.717) is 6.54 Å². The van der Waals surface area contributed by atoms with E-state index in [4.69, 9.17) is 4.74 Å². The first-order valence-electron chi connectivity index (χ1n) is 10.9. The van der Waals surface area contributed by atoms with Crippen LogP contribution in [0.15, 0.2) is 54.7 Å². The molecular formula is C24H28N4O4. The number of para-hydroxylation sites is 1. The van der Waals surface area contributed by atoms with E-state index in [0.717, 1.165) is 54.9 Å². The molecule has 8 nitrogen and oxygen atoms in total. The minimum absolute atomic E-state index is 0.0282. The molecule has 1 fully saturated rings. The van der Waals surface area contributed by atoms with E-state index in [2.05, 4.69) is 10.2 Å². The summed E-state index contributed by atoms with van der Waals surface area (Å²) in [7, 11) is 1.97. The molecule has 0 aliphatic carbocycles. The Hall–Kier alpha value is -3.23. The highest BCUT2D eigenvalue weighted by Crippen LogP contribution is 2.35. The van der Waals surface area contributed by atoms with Crippen LogP contribution >= 0.6 is 0 Å². The van der Waals surface area contributed by atoms with Gasteiger partial charge in [0.25, 0.3) is 5.69 Å². The van der Waals surface area contributed by atoms with Gasteiger partial charge in [-0.05, 0) is 17.2 Å². The average molecular weight is 437 g/mol. The fourth-order valence-electron chi connectivity index (χ4n) is 4.35. The molecule has 32 heavy (non-hydrogen) atoms. The number of nitrogens with zero attached hydrogens (tertiary/aromatic N) is 3. The lowest BCUT2D eigenvalue weighted by Gasteiger charge is -2.26. The number of nitrogens with one attached hydrogen (secondary N) is 1. The lowest BCUT2D eigenvalue weighted by atomic mass is 9.87. The van der Waals surface area contributed by atoms with Crippen molar-refractivity contribution in [3.8, 4) is 0 Å².